The Labute approximate surface area is 240 Å². The summed E-state index contributed by atoms with van der Waals surface area (Å²) in [6.45, 7) is 7.80. The zero-order valence-electron chi connectivity index (χ0n) is 23.9. The molecule has 1 aliphatic rings. The molecular weight excluding hydrogens is 516 g/mol. The van der Waals surface area contributed by atoms with Gasteiger partial charge in [0.25, 0.3) is 0 Å². The van der Waals surface area contributed by atoms with Crippen molar-refractivity contribution in [3.05, 3.63) is 89.7 Å². The van der Waals surface area contributed by atoms with Crippen LogP contribution in [0.25, 0.3) is 11.1 Å². The molecule has 1 aromatic heterocycles. The number of aromatic nitrogens is 2. The molecule has 212 valence electrons. The summed E-state index contributed by atoms with van der Waals surface area (Å²) in [5.74, 6) is 1.54. The lowest BCUT2D eigenvalue weighted by atomic mass is 10.1. The highest BCUT2D eigenvalue weighted by Gasteiger charge is 2.25. The second-order valence-electron chi connectivity index (χ2n) is 10.4. The molecule has 5 rings (SSSR count). The van der Waals surface area contributed by atoms with Crippen LogP contribution in [0.4, 0.5) is 11.4 Å². The van der Waals surface area contributed by atoms with E-state index in [9.17, 15) is 9.59 Å². The summed E-state index contributed by atoms with van der Waals surface area (Å²) in [5, 5.41) is 7.39. The first kappa shape index (κ1) is 28.0. The molecule has 0 aliphatic carbocycles. The molecule has 0 saturated heterocycles. The van der Waals surface area contributed by atoms with Gasteiger partial charge in [-0.2, -0.15) is 5.10 Å². The Balaban J connectivity index is 1.28. The Kier molecular flexibility index (Phi) is 8.67. The van der Waals surface area contributed by atoms with E-state index in [-0.39, 0.29) is 11.8 Å². The number of hydrogen-bond donors (Lipinski definition) is 1. The van der Waals surface area contributed by atoms with Crippen LogP contribution in [-0.4, -0.2) is 41.4 Å². The molecule has 1 aliphatic heterocycles. The lowest BCUT2D eigenvalue weighted by Crippen LogP contribution is -2.31. The Morgan fingerprint density at radius 1 is 1.07 bits per heavy atom. The van der Waals surface area contributed by atoms with E-state index in [1.165, 1.54) is 12.5 Å². The summed E-state index contributed by atoms with van der Waals surface area (Å²) < 4.78 is 14.0. The summed E-state index contributed by atoms with van der Waals surface area (Å²) in [4.78, 5) is 26.6. The number of aryl methyl sites for hydroxylation is 1. The van der Waals surface area contributed by atoms with Crippen LogP contribution < -0.4 is 19.7 Å². The number of rotatable bonds is 9. The molecule has 1 N–H and O–H groups in total. The third kappa shape index (κ3) is 6.77. The van der Waals surface area contributed by atoms with Crippen molar-refractivity contribution in [3.63, 3.8) is 0 Å². The van der Waals surface area contributed by atoms with Crippen LogP contribution in [0.2, 0.25) is 0 Å². The molecule has 3 aromatic carbocycles. The van der Waals surface area contributed by atoms with Gasteiger partial charge in [0.1, 0.15) is 5.75 Å². The molecule has 0 atom stereocenters. The van der Waals surface area contributed by atoms with Gasteiger partial charge in [0, 0.05) is 42.9 Å². The number of hydrogen-bond acceptors (Lipinski definition) is 5. The van der Waals surface area contributed by atoms with Crippen molar-refractivity contribution in [3.8, 4) is 22.6 Å². The normalized spacial score (nSPS) is 12.7. The van der Waals surface area contributed by atoms with Gasteiger partial charge in [-0.25, -0.2) is 0 Å². The highest BCUT2D eigenvalue weighted by atomic mass is 16.5. The predicted octanol–water partition coefficient (Wildman–Crippen LogP) is 6.15. The number of benzene rings is 3. The molecule has 8 nitrogen and oxygen atoms in total. The van der Waals surface area contributed by atoms with Gasteiger partial charge in [0.15, 0.2) is 5.75 Å². The van der Waals surface area contributed by atoms with Crippen molar-refractivity contribution in [2.75, 3.05) is 30.0 Å². The fourth-order valence-corrected chi connectivity index (χ4v) is 5.04. The molecule has 0 bridgehead atoms. The van der Waals surface area contributed by atoms with Crippen LogP contribution in [0.1, 0.15) is 42.9 Å². The van der Waals surface area contributed by atoms with Crippen LogP contribution in [0, 0.1) is 13.8 Å². The molecule has 2 amide bonds. The number of carbonyl (C=O) groups excluding carboxylic acids is 2. The quantitative estimate of drug-likeness (QED) is 0.252. The molecule has 0 radical (unpaired) electrons. The minimum absolute atomic E-state index is 0.0632. The number of ether oxygens (including phenoxy) is 2. The van der Waals surface area contributed by atoms with E-state index in [4.69, 9.17) is 9.47 Å². The highest BCUT2D eigenvalue weighted by molar-refractivity contribution is 5.97. The minimum atomic E-state index is -0.105. The second kappa shape index (κ2) is 12.7. The summed E-state index contributed by atoms with van der Waals surface area (Å²) in [7, 11) is 0. The molecule has 0 fully saturated rings. The molecule has 4 aromatic rings. The summed E-state index contributed by atoms with van der Waals surface area (Å²) in [6, 6.07) is 19.7. The maximum Gasteiger partial charge on any atom is 0.227 e. The fraction of sp³-hybridized carbons (Fsp3) is 0.303. The van der Waals surface area contributed by atoms with Gasteiger partial charge in [-0.15, -0.1) is 0 Å². The Morgan fingerprint density at radius 2 is 1.90 bits per heavy atom. The van der Waals surface area contributed by atoms with Gasteiger partial charge in [0.05, 0.1) is 31.6 Å². The summed E-state index contributed by atoms with van der Waals surface area (Å²) >= 11 is 0. The maximum atomic E-state index is 13.4. The third-order valence-corrected chi connectivity index (χ3v) is 7.24. The van der Waals surface area contributed by atoms with Crippen LogP contribution in [0.3, 0.4) is 0 Å². The Bertz CT molecular complexity index is 1540. The lowest BCUT2D eigenvalue weighted by molar-refractivity contribution is -0.119. The van der Waals surface area contributed by atoms with Gasteiger partial charge >= 0.3 is 0 Å². The van der Waals surface area contributed by atoms with Crippen molar-refractivity contribution in [2.45, 2.75) is 46.6 Å². The van der Waals surface area contributed by atoms with Gasteiger partial charge in [-0.3, -0.25) is 14.3 Å². The second-order valence-corrected chi connectivity index (χ2v) is 10.4. The first-order valence-electron chi connectivity index (χ1n) is 14.0. The summed E-state index contributed by atoms with van der Waals surface area (Å²) in [6.07, 6.45) is 5.57. The van der Waals surface area contributed by atoms with Crippen molar-refractivity contribution in [1.82, 2.24) is 9.78 Å². The van der Waals surface area contributed by atoms with Gasteiger partial charge < -0.3 is 19.7 Å². The van der Waals surface area contributed by atoms with Gasteiger partial charge in [-0.1, -0.05) is 36.4 Å². The monoisotopic (exact) mass is 552 g/mol. The Hall–Kier alpha value is -4.59. The van der Waals surface area contributed by atoms with Crippen LogP contribution in [0.15, 0.2) is 73.1 Å². The largest absolute Gasteiger partial charge is 0.493 e. The molecule has 2 heterocycles. The average molecular weight is 553 g/mol. The first-order valence-corrected chi connectivity index (χ1v) is 14.0. The smallest absolute Gasteiger partial charge is 0.227 e. The zero-order chi connectivity index (χ0) is 28.8. The van der Waals surface area contributed by atoms with Crippen LogP contribution in [0.5, 0.6) is 11.5 Å². The number of fused-ring (bicyclic) bond motifs is 1. The minimum Gasteiger partial charge on any atom is -0.493 e. The number of anilines is 2. The van der Waals surface area contributed by atoms with E-state index in [0.717, 1.165) is 45.8 Å². The van der Waals surface area contributed by atoms with E-state index < -0.39 is 0 Å². The van der Waals surface area contributed by atoms with Crippen LogP contribution >= 0.6 is 0 Å². The number of amides is 2. The molecule has 8 heteroatoms. The topological polar surface area (TPSA) is 85.7 Å². The lowest BCUT2D eigenvalue weighted by Gasteiger charge is -2.23. The van der Waals surface area contributed by atoms with Crippen molar-refractivity contribution < 1.29 is 19.1 Å². The fourth-order valence-electron chi connectivity index (χ4n) is 5.04. The van der Waals surface area contributed by atoms with Crippen molar-refractivity contribution in [2.24, 2.45) is 0 Å². The average Bonchev–Trinajstić information content (AvgIpc) is 3.29. The Morgan fingerprint density at radius 3 is 2.76 bits per heavy atom. The molecule has 0 unspecified atom stereocenters. The standard InChI is InChI=1S/C33H36N4O4/c1-23-9-4-14-31(24(23)2)40-17-7-15-32(39)37-16-8-18-41-33-29(12-6-13-30(33)37)27-20-34-36(22-27)21-26-10-5-11-28(19-26)35-25(3)38/h4-6,9-14,19-20,22H,7-8,15-18,21H2,1-3H3,(H,35,38). The zero-order valence-corrected chi connectivity index (χ0v) is 23.9. The van der Waals surface area contributed by atoms with E-state index in [1.54, 1.807) is 0 Å². The van der Waals surface area contributed by atoms with Gasteiger partial charge in [-0.05, 0) is 67.6 Å². The number of carbonyl (C=O) groups is 2. The third-order valence-electron chi connectivity index (χ3n) is 7.24. The first-order chi connectivity index (χ1) is 19.9. The highest BCUT2D eigenvalue weighted by Crippen LogP contribution is 2.40. The number of para-hydroxylation sites is 1. The van der Waals surface area contributed by atoms with E-state index in [0.29, 0.717) is 44.9 Å². The number of nitrogens with zero attached hydrogens (tertiary/aromatic N) is 3. The van der Waals surface area contributed by atoms with Crippen molar-refractivity contribution in [1.29, 1.82) is 0 Å². The number of nitrogens with one attached hydrogen (secondary N) is 1. The molecule has 41 heavy (non-hydrogen) atoms. The SMILES string of the molecule is CC(=O)Nc1cccc(Cn2cc(-c3cccc4c3OCCCN4C(=O)CCCOc3cccc(C)c3C)cn2)c1. The predicted molar refractivity (Wildman–Crippen MR) is 161 cm³/mol. The molecular formula is C33H36N4O4. The van der Waals surface area contributed by atoms with E-state index in [1.807, 2.05) is 76.6 Å². The van der Waals surface area contributed by atoms with E-state index >= 15 is 0 Å². The van der Waals surface area contributed by atoms with Crippen molar-refractivity contribution >= 4 is 23.2 Å². The summed E-state index contributed by atoms with van der Waals surface area (Å²) in [5.41, 5.74) is 6.70. The van der Waals surface area contributed by atoms with E-state index in [2.05, 4.69) is 30.3 Å². The van der Waals surface area contributed by atoms with Gasteiger partial charge in [0.2, 0.25) is 11.8 Å². The van der Waals surface area contributed by atoms with Crippen LogP contribution in [-0.2, 0) is 16.1 Å². The molecule has 0 spiro atoms. The maximum absolute atomic E-state index is 13.4. The molecule has 0 saturated carbocycles.